The molecule has 110 valence electrons. The first-order valence-electron chi connectivity index (χ1n) is 6.44. The molecule has 2 rings (SSSR count). The van der Waals surface area contributed by atoms with Crippen molar-refractivity contribution in [3.8, 4) is 0 Å². The van der Waals surface area contributed by atoms with Crippen LogP contribution in [0, 0.1) is 10.1 Å². The van der Waals surface area contributed by atoms with E-state index < -0.39 is 14.9 Å². The Kier molecular flexibility index (Phi) is 4.56. The molecule has 0 saturated carbocycles. The van der Waals surface area contributed by atoms with E-state index in [1.54, 1.807) is 0 Å². The van der Waals surface area contributed by atoms with E-state index in [9.17, 15) is 18.5 Å². The third kappa shape index (κ3) is 4.17. The smallest absolute Gasteiger partial charge is 0.269 e. The molecule has 0 bridgehead atoms. The third-order valence-electron chi connectivity index (χ3n) is 3.18. The van der Waals surface area contributed by atoms with Gasteiger partial charge in [0.25, 0.3) is 5.69 Å². The number of hydrogen-bond donors (Lipinski definition) is 2. The molecule has 2 N–H and O–H groups in total. The molecule has 1 unspecified atom stereocenters. The van der Waals surface area contributed by atoms with Gasteiger partial charge in [-0.15, -0.1) is 0 Å². The number of non-ortho nitro benzene ring substituents is 1. The fourth-order valence-corrected chi connectivity index (χ4v) is 3.60. The first kappa shape index (κ1) is 14.7. The standard InChI is InChI=1S/C12H17N3O4S/c16-15(17)12-6-4-10(5-7-12)14-20(18,19)9-11-3-1-2-8-13-11/h4-7,11,13-14H,1-3,8-9H2. The van der Waals surface area contributed by atoms with Gasteiger partial charge in [0.2, 0.25) is 10.0 Å². The van der Waals surface area contributed by atoms with Crippen LogP contribution in [0.25, 0.3) is 0 Å². The first-order valence-corrected chi connectivity index (χ1v) is 8.10. The second-order valence-electron chi connectivity index (χ2n) is 4.83. The second kappa shape index (κ2) is 6.19. The molecule has 1 atom stereocenters. The lowest BCUT2D eigenvalue weighted by atomic mass is 10.1. The van der Waals surface area contributed by atoms with Gasteiger partial charge in [-0.25, -0.2) is 8.42 Å². The summed E-state index contributed by atoms with van der Waals surface area (Å²) >= 11 is 0. The molecule has 1 saturated heterocycles. The monoisotopic (exact) mass is 299 g/mol. The number of nitro benzene ring substituents is 1. The van der Waals surface area contributed by atoms with Crippen LogP contribution in [-0.4, -0.2) is 31.7 Å². The third-order valence-corrected chi connectivity index (χ3v) is 4.57. The van der Waals surface area contributed by atoms with E-state index in [4.69, 9.17) is 0 Å². The predicted octanol–water partition coefficient (Wildman–Crippen LogP) is 1.48. The normalized spacial score (nSPS) is 19.5. The van der Waals surface area contributed by atoms with E-state index in [0.29, 0.717) is 5.69 Å². The Balaban J connectivity index is 1.98. The average molecular weight is 299 g/mol. The molecular formula is C12H17N3O4S. The van der Waals surface area contributed by atoms with Crippen LogP contribution >= 0.6 is 0 Å². The first-order chi connectivity index (χ1) is 9.46. The van der Waals surface area contributed by atoms with Crippen LogP contribution in [0.1, 0.15) is 19.3 Å². The minimum absolute atomic E-state index is 0.0178. The summed E-state index contributed by atoms with van der Waals surface area (Å²) in [4.78, 5) is 10.00. The van der Waals surface area contributed by atoms with Crippen LogP contribution < -0.4 is 10.0 Å². The largest absolute Gasteiger partial charge is 0.313 e. The molecule has 1 fully saturated rings. The number of rotatable bonds is 5. The number of sulfonamides is 1. The maximum Gasteiger partial charge on any atom is 0.269 e. The zero-order chi connectivity index (χ0) is 14.6. The van der Waals surface area contributed by atoms with Crippen molar-refractivity contribution < 1.29 is 13.3 Å². The van der Waals surface area contributed by atoms with Crippen molar-refractivity contribution in [1.82, 2.24) is 5.32 Å². The van der Waals surface area contributed by atoms with Gasteiger partial charge in [-0.3, -0.25) is 14.8 Å². The molecule has 0 spiro atoms. The Hall–Kier alpha value is -1.67. The van der Waals surface area contributed by atoms with Crippen molar-refractivity contribution in [3.63, 3.8) is 0 Å². The number of nitrogens with one attached hydrogen (secondary N) is 2. The summed E-state index contributed by atoms with van der Waals surface area (Å²) in [7, 11) is -3.45. The van der Waals surface area contributed by atoms with Crippen LogP contribution in [0.3, 0.4) is 0 Å². The second-order valence-corrected chi connectivity index (χ2v) is 6.60. The number of anilines is 1. The molecule has 8 heteroatoms. The number of nitro groups is 1. The number of piperidine rings is 1. The molecule has 1 heterocycles. The quantitative estimate of drug-likeness (QED) is 0.633. The summed E-state index contributed by atoms with van der Waals surface area (Å²) in [6.45, 7) is 0.845. The van der Waals surface area contributed by atoms with Crippen molar-refractivity contribution in [1.29, 1.82) is 0 Å². The molecule has 1 aromatic rings. The maximum absolute atomic E-state index is 12.0. The zero-order valence-corrected chi connectivity index (χ0v) is 11.7. The van der Waals surface area contributed by atoms with Crippen LogP contribution in [-0.2, 0) is 10.0 Å². The van der Waals surface area contributed by atoms with Gasteiger partial charge in [0, 0.05) is 23.9 Å². The molecule has 7 nitrogen and oxygen atoms in total. The molecule has 0 amide bonds. The Labute approximate surface area is 117 Å². The van der Waals surface area contributed by atoms with Gasteiger partial charge in [0.05, 0.1) is 10.7 Å². The molecule has 20 heavy (non-hydrogen) atoms. The molecule has 0 radical (unpaired) electrons. The SMILES string of the molecule is O=[N+]([O-])c1ccc(NS(=O)(=O)CC2CCCCN2)cc1. The number of nitrogens with zero attached hydrogens (tertiary/aromatic N) is 1. The summed E-state index contributed by atoms with van der Waals surface area (Å²) < 4.78 is 26.4. The van der Waals surface area contributed by atoms with E-state index >= 15 is 0 Å². The highest BCUT2D eigenvalue weighted by Gasteiger charge is 2.21. The van der Waals surface area contributed by atoms with E-state index in [2.05, 4.69) is 10.0 Å². The molecule has 0 aliphatic carbocycles. The van der Waals surface area contributed by atoms with Gasteiger partial charge in [-0.2, -0.15) is 0 Å². The van der Waals surface area contributed by atoms with E-state index in [-0.39, 0.29) is 17.5 Å². The molecule has 1 aliphatic heterocycles. The molecule has 1 aromatic carbocycles. The van der Waals surface area contributed by atoms with E-state index in [0.717, 1.165) is 25.8 Å². The summed E-state index contributed by atoms with van der Waals surface area (Å²) in [6, 6.07) is 5.31. The van der Waals surface area contributed by atoms with Crippen LogP contribution in [0.2, 0.25) is 0 Å². The number of hydrogen-bond acceptors (Lipinski definition) is 5. The predicted molar refractivity (Wildman–Crippen MR) is 76.1 cm³/mol. The Bertz CT molecular complexity index is 565. The van der Waals surface area contributed by atoms with E-state index in [1.807, 2.05) is 0 Å². The topological polar surface area (TPSA) is 101 Å². The van der Waals surface area contributed by atoms with Gasteiger partial charge < -0.3 is 5.32 Å². The van der Waals surface area contributed by atoms with Gasteiger partial charge in [0.1, 0.15) is 0 Å². The van der Waals surface area contributed by atoms with Crippen molar-refractivity contribution >= 4 is 21.4 Å². The van der Waals surface area contributed by atoms with Gasteiger partial charge in [0.15, 0.2) is 0 Å². The average Bonchev–Trinajstić information content (AvgIpc) is 2.39. The van der Waals surface area contributed by atoms with Crippen molar-refractivity contribution in [2.75, 3.05) is 17.0 Å². The lowest BCUT2D eigenvalue weighted by molar-refractivity contribution is -0.384. The molecule has 1 aliphatic rings. The molecular weight excluding hydrogens is 282 g/mol. The van der Waals surface area contributed by atoms with E-state index in [1.165, 1.54) is 24.3 Å². The fourth-order valence-electron chi connectivity index (χ4n) is 2.20. The van der Waals surface area contributed by atoms with Gasteiger partial charge >= 0.3 is 0 Å². The van der Waals surface area contributed by atoms with Crippen molar-refractivity contribution in [2.24, 2.45) is 0 Å². The lowest BCUT2D eigenvalue weighted by Crippen LogP contribution is -2.40. The fraction of sp³-hybridized carbons (Fsp3) is 0.500. The Morgan fingerprint density at radius 1 is 1.30 bits per heavy atom. The summed E-state index contributed by atoms with van der Waals surface area (Å²) in [5.41, 5.74) is 0.272. The van der Waals surface area contributed by atoms with Crippen LogP contribution in [0.15, 0.2) is 24.3 Å². The highest BCUT2D eigenvalue weighted by Crippen LogP contribution is 2.17. The summed E-state index contributed by atoms with van der Waals surface area (Å²) in [5, 5.41) is 13.7. The minimum Gasteiger partial charge on any atom is -0.313 e. The van der Waals surface area contributed by atoms with Crippen molar-refractivity contribution in [2.45, 2.75) is 25.3 Å². The van der Waals surface area contributed by atoms with Crippen LogP contribution in [0.4, 0.5) is 11.4 Å². The van der Waals surface area contributed by atoms with Gasteiger partial charge in [-0.1, -0.05) is 6.42 Å². The molecule has 0 aromatic heterocycles. The Morgan fingerprint density at radius 3 is 2.55 bits per heavy atom. The zero-order valence-electron chi connectivity index (χ0n) is 10.9. The summed E-state index contributed by atoms with van der Waals surface area (Å²) in [6.07, 6.45) is 2.96. The highest BCUT2D eigenvalue weighted by molar-refractivity contribution is 7.92. The number of benzene rings is 1. The van der Waals surface area contributed by atoms with Crippen molar-refractivity contribution in [3.05, 3.63) is 34.4 Å². The lowest BCUT2D eigenvalue weighted by Gasteiger charge is -2.23. The Morgan fingerprint density at radius 2 is 2.00 bits per heavy atom. The van der Waals surface area contributed by atoms with Gasteiger partial charge in [-0.05, 0) is 31.5 Å². The summed E-state index contributed by atoms with van der Waals surface area (Å²) in [5.74, 6) is 0.0178. The van der Waals surface area contributed by atoms with Crippen LogP contribution in [0.5, 0.6) is 0 Å². The minimum atomic E-state index is -3.45. The highest BCUT2D eigenvalue weighted by atomic mass is 32.2. The maximum atomic E-state index is 12.0.